The van der Waals surface area contributed by atoms with E-state index in [0.717, 1.165) is 34.7 Å². The Morgan fingerprint density at radius 3 is 2.35 bits per heavy atom. The number of amides is 1. The van der Waals surface area contributed by atoms with Crippen molar-refractivity contribution in [1.29, 1.82) is 0 Å². The van der Waals surface area contributed by atoms with Gasteiger partial charge in [-0.2, -0.15) is 0 Å². The van der Waals surface area contributed by atoms with Gasteiger partial charge in [0, 0.05) is 17.9 Å². The highest BCUT2D eigenvalue weighted by atomic mass is 35.5. The fourth-order valence-electron chi connectivity index (χ4n) is 3.34. The third kappa shape index (κ3) is 7.46. The maximum Gasteiger partial charge on any atom is 0.228 e. The number of aromatic nitrogens is 1. The van der Waals surface area contributed by atoms with Crippen LogP contribution in [0.1, 0.15) is 19.3 Å². The number of carbonyl (C=O) groups excluding carboxylic acids is 1. The van der Waals surface area contributed by atoms with Gasteiger partial charge < -0.3 is 14.4 Å². The second kappa shape index (κ2) is 13.7. The molecule has 0 aliphatic carbocycles. The SMILES string of the molecule is COc1ccc(OC)c2sc(N(CCCN(C)C)C(=O)CCCSc3ccc(F)cc3)nc12.Cl. The number of fused-ring (bicyclic) bond motifs is 1. The highest BCUT2D eigenvalue weighted by Crippen LogP contribution is 2.40. The van der Waals surface area contributed by atoms with Crippen LogP contribution in [0.25, 0.3) is 10.2 Å². The van der Waals surface area contributed by atoms with Crippen molar-refractivity contribution in [2.75, 3.05) is 52.1 Å². The number of thioether (sulfide) groups is 1. The predicted octanol–water partition coefficient (Wildman–Crippen LogP) is 5.73. The van der Waals surface area contributed by atoms with Crippen LogP contribution in [0.4, 0.5) is 9.52 Å². The Morgan fingerprint density at radius 2 is 1.71 bits per heavy atom. The normalized spacial score (nSPS) is 10.9. The number of anilines is 1. The van der Waals surface area contributed by atoms with E-state index in [2.05, 4.69) is 4.90 Å². The number of halogens is 2. The molecule has 0 bridgehead atoms. The smallest absolute Gasteiger partial charge is 0.228 e. The zero-order valence-corrected chi connectivity index (χ0v) is 22.3. The van der Waals surface area contributed by atoms with Gasteiger partial charge in [-0.05, 0) is 75.6 Å². The average molecular weight is 528 g/mol. The first kappa shape index (κ1) is 28.2. The Hall–Kier alpha value is -2.07. The lowest BCUT2D eigenvalue weighted by atomic mass is 10.3. The molecule has 2 aromatic carbocycles. The molecule has 3 rings (SSSR count). The van der Waals surface area contributed by atoms with Crippen LogP contribution in [0, 0.1) is 5.82 Å². The lowest BCUT2D eigenvalue weighted by Crippen LogP contribution is -2.33. The Balaban J connectivity index is 0.00000408. The monoisotopic (exact) mass is 527 g/mol. The molecule has 0 saturated heterocycles. The molecule has 10 heteroatoms. The third-order valence-electron chi connectivity index (χ3n) is 5.04. The predicted molar refractivity (Wildman–Crippen MR) is 142 cm³/mol. The lowest BCUT2D eigenvalue weighted by Gasteiger charge is -2.21. The first-order chi connectivity index (χ1) is 15.9. The first-order valence-electron chi connectivity index (χ1n) is 10.8. The molecule has 0 fully saturated rings. The van der Waals surface area contributed by atoms with Gasteiger partial charge in [-0.15, -0.1) is 24.2 Å². The van der Waals surface area contributed by atoms with E-state index in [1.165, 1.54) is 23.5 Å². The van der Waals surface area contributed by atoms with Crippen LogP contribution in [0.3, 0.4) is 0 Å². The van der Waals surface area contributed by atoms with Crippen molar-refractivity contribution in [3.8, 4) is 11.5 Å². The molecule has 0 radical (unpaired) electrons. The molecule has 0 N–H and O–H groups in total. The fraction of sp³-hybridized carbons (Fsp3) is 0.417. The summed E-state index contributed by atoms with van der Waals surface area (Å²) >= 11 is 3.07. The number of thiazole rings is 1. The van der Waals surface area contributed by atoms with E-state index < -0.39 is 0 Å². The van der Waals surface area contributed by atoms with E-state index in [1.807, 2.05) is 26.2 Å². The number of ether oxygens (including phenoxy) is 2. The van der Waals surface area contributed by atoms with Crippen LogP contribution in [0.15, 0.2) is 41.3 Å². The van der Waals surface area contributed by atoms with Gasteiger partial charge in [-0.3, -0.25) is 9.69 Å². The molecule has 0 spiro atoms. The molecule has 34 heavy (non-hydrogen) atoms. The summed E-state index contributed by atoms with van der Waals surface area (Å²) in [7, 11) is 7.27. The van der Waals surface area contributed by atoms with Crippen LogP contribution in [0.5, 0.6) is 11.5 Å². The molecule has 0 saturated carbocycles. The zero-order valence-electron chi connectivity index (χ0n) is 19.9. The van der Waals surface area contributed by atoms with Crippen LogP contribution in [0.2, 0.25) is 0 Å². The largest absolute Gasteiger partial charge is 0.495 e. The average Bonchev–Trinajstić information content (AvgIpc) is 3.24. The van der Waals surface area contributed by atoms with E-state index in [0.29, 0.717) is 35.1 Å². The highest BCUT2D eigenvalue weighted by Gasteiger charge is 2.22. The molecule has 186 valence electrons. The van der Waals surface area contributed by atoms with Crippen molar-refractivity contribution in [3.05, 3.63) is 42.2 Å². The second-order valence-electron chi connectivity index (χ2n) is 7.75. The summed E-state index contributed by atoms with van der Waals surface area (Å²) < 4.78 is 24.9. The van der Waals surface area contributed by atoms with E-state index in [9.17, 15) is 9.18 Å². The molecule has 3 aromatic rings. The minimum Gasteiger partial charge on any atom is -0.495 e. The van der Waals surface area contributed by atoms with Gasteiger partial charge in [0.2, 0.25) is 5.91 Å². The van der Waals surface area contributed by atoms with Gasteiger partial charge in [-0.1, -0.05) is 11.3 Å². The number of nitrogens with zero attached hydrogens (tertiary/aromatic N) is 3. The fourth-order valence-corrected chi connectivity index (χ4v) is 5.31. The van der Waals surface area contributed by atoms with Gasteiger partial charge in [0.25, 0.3) is 0 Å². The Morgan fingerprint density at radius 1 is 1.03 bits per heavy atom. The quantitative estimate of drug-likeness (QED) is 0.221. The van der Waals surface area contributed by atoms with E-state index in [-0.39, 0.29) is 24.1 Å². The van der Waals surface area contributed by atoms with Gasteiger partial charge >= 0.3 is 0 Å². The zero-order chi connectivity index (χ0) is 23.8. The number of hydrogen-bond acceptors (Lipinski definition) is 7. The summed E-state index contributed by atoms with van der Waals surface area (Å²) in [5.41, 5.74) is 0.703. The van der Waals surface area contributed by atoms with Gasteiger partial charge in [0.05, 0.1) is 14.2 Å². The van der Waals surface area contributed by atoms with Crippen LogP contribution in [-0.4, -0.2) is 62.9 Å². The maximum atomic E-state index is 13.2. The van der Waals surface area contributed by atoms with Crippen LogP contribution >= 0.6 is 35.5 Å². The summed E-state index contributed by atoms with van der Waals surface area (Å²) in [6, 6.07) is 10.1. The molecule has 1 amide bonds. The van der Waals surface area contributed by atoms with Gasteiger partial charge in [-0.25, -0.2) is 9.37 Å². The van der Waals surface area contributed by atoms with E-state index in [4.69, 9.17) is 14.5 Å². The topological polar surface area (TPSA) is 54.9 Å². The molecule has 0 aliphatic heterocycles. The Bertz CT molecular complexity index is 1020. The summed E-state index contributed by atoms with van der Waals surface area (Å²) in [5.74, 6) is 1.96. The molecule has 0 atom stereocenters. The molecule has 6 nitrogen and oxygen atoms in total. The lowest BCUT2D eigenvalue weighted by molar-refractivity contribution is -0.118. The van der Waals surface area contributed by atoms with Crippen molar-refractivity contribution in [1.82, 2.24) is 9.88 Å². The number of rotatable bonds is 12. The maximum absolute atomic E-state index is 13.2. The molecular weight excluding hydrogens is 497 g/mol. The first-order valence-corrected chi connectivity index (χ1v) is 12.6. The minimum atomic E-state index is -0.244. The Kier molecular flexibility index (Phi) is 11.4. The van der Waals surface area contributed by atoms with Crippen molar-refractivity contribution in [2.45, 2.75) is 24.2 Å². The van der Waals surface area contributed by atoms with Gasteiger partial charge in [0.1, 0.15) is 27.5 Å². The van der Waals surface area contributed by atoms with E-state index in [1.54, 1.807) is 43.0 Å². The number of benzene rings is 2. The summed E-state index contributed by atoms with van der Waals surface area (Å²) in [5, 5.41) is 0.655. The number of methoxy groups -OCH3 is 2. The standard InChI is InChI=1S/C24H30FN3O3S2.ClH/c1-27(2)14-6-15-28(21(29)7-5-16-32-18-10-8-17(25)9-11-18)24-26-22-19(30-3)12-13-20(31-4)23(22)33-24;/h8-13H,5-7,14-16H2,1-4H3;1H. The van der Waals surface area contributed by atoms with Crippen molar-refractivity contribution in [2.24, 2.45) is 0 Å². The Labute approximate surface area is 214 Å². The summed E-state index contributed by atoms with van der Waals surface area (Å²) in [4.78, 5) is 22.9. The van der Waals surface area contributed by atoms with Crippen LogP contribution < -0.4 is 14.4 Å². The van der Waals surface area contributed by atoms with Gasteiger partial charge in [0.15, 0.2) is 5.13 Å². The van der Waals surface area contributed by atoms with Crippen molar-refractivity contribution >= 4 is 56.8 Å². The molecule has 1 aromatic heterocycles. The molecule has 0 aliphatic rings. The molecular formula is C24H31ClFN3O3S2. The summed E-state index contributed by atoms with van der Waals surface area (Å²) in [6.07, 6.45) is 1.98. The second-order valence-corrected chi connectivity index (χ2v) is 9.90. The van der Waals surface area contributed by atoms with Crippen LogP contribution in [-0.2, 0) is 4.79 Å². The summed E-state index contributed by atoms with van der Waals surface area (Å²) in [6.45, 7) is 1.47. The van der Waals surface area contributed by atoms with Crippen molar-refractivity contribution in [3.63, 3.8) is 0 Å². The molecule has 0 unspecified atom stereocenters. The minimum absolute atomic E-state index is 0. The number of hydrogen-bond donors (Lipinski definition) is 0. The third-order valence-corrected chi connectivity index (χ3v) is 7.23. The number of carbonyl (C=O) groups is 1. The highest BCUT2D eigenvalue weighted by molar-refractivity contribution is 7.99. The van der Waals surface area contributed by atoms with E-state index >= 15 is 0 Å². The van der Waals surface area contributed by atoms with Crippen molar-refractivity contribution < 1.29 is 18.7 Å². The molecule has 1 heterocycles.